The van der Waals surface area contributed by atoms with Crippen LogP contribution < -0.4 is 10.1 Å². The molecule has 0 atom stereocenters. The molecule has 5 heteroatoms. The van der Waals surface area contributed by atoms with E-state index in [0.717, 1.165) is 40.7 Å². The Morgan fingerprint density at radius 3 is 2.79 bits per heavy atom. The first-order valence-corrected chi connectivity index (χ1v) is 10.3. The van der Waals surface area contributed by atoms with Gasteiger partial charge in [0, 0.05) is 30.5 Å². The van der Waals surface area contributed by atoms with Crippen molar-refractivity contribution < 1.29 is 18.7 Å². The number of furan rings is 1. The molecule has 152 valence electrons. The van der Waals surface area contributed by atoms with Gasteiger partial charge in [-0.1, -0.05) is 24.3 Å². The van der Waals surface area contributed by atoms with Crippen molar-refractivity contribution in [1.82, 2.24) is 5.32 Å². The number of rotatable bonds is 8. The van der Waals surface area contributed by atoms with Crippen LogP contribution in [0.1, 0.15) is 42.2 Å². The Labute approximate surface area is 171 Å². The molecule has 1 aliphatic carbocycles. The van der Waals surface area contributed by atoms with Gasteiger partial charge in [-0.25, -0.2) is 0 Å². The molecule has 1 aliphatic rings. The number of carbonyl (C=O) groups is 1. The predicted octanol–water partition coefficient (Wildman–Crippen LogP) is 4.54. The Morgan fingerprint density at radius 2 is 1.93 bits per heavy atom. The molecule has 0 aliphatic heterocycles. The minimum Gasteiger partial charge on any atom is -0.484 e. The van der Waals surface area contributed by atoms with E-state index >= 15 is 0 Å². The third-order valence-corrected chi connectivity index (χ3v) is 5.35. The molecule has 0 radical (unpaired) electrons. The van der Waals surface area contributed by atoms with Crippen LogP contribution in [0.15, 0.2) is 46.9 Å². The largest absolute Gasteiger partial charge is 0.484 e. The maximum absolute atomic E-state index is 12.3. The number of hydrogen-bond donors (Lipinski definition) is 1. The van der Waals surface area contributed by atoms with Crippen molar-refractivity contribution in [2.45, 2.75) is 45.8 Å². The third kappa shape index (κ3) is 4.62. The molecule has 29 heavy (non-hydrogen) atoms. The molecule has 2 aromatic carbocycles. The van der Waals surface area contributed by atoms with Crippen LogP contribution in [0.3, 0.4) is 0 Å². The van der Waals surface area contributed by atoms with Crippen LogP contribution in [0, 0.1) is 0 Å². The summed E-state index contributed by atoms with van der Waals surface area (Å²) in [6.45, 7) is 3.63. The van der Waals surface area contributed by atoms with E-state index in [-0.39, 0.29) is 12.5 Å². The summed E-state index contributed by atoms with van der Waals surface area (Å²) in [4.78, 5) is 12.3. The topological polar surface area (TPSA) is 60.7 Å². The summed E-state index contributed by atoms with van der Waals surface area (Å²) in [7, 11) is 0. The molecule has 1 aromatic heterocycles. The van der Waals surface area contributed by atoms with Gasteiger partial charge >= 0.3 is 0 Å². The first kappa shape index (κ1) is 19.5. The Morgan fingerprint density at radius 1 is 1.10 bits per heavy atom. The van der Waals surface area contributed by atoms with Gasteiger partial charge < -0.3 is 19.2 Å². The van der Waals surface area contributed by atoms with Crippen molar-refractivity contribution >= 4 is 16.9 Å². The van der Waals surface area contributed by atoms with Crippen molar-refractivity contribution in [2.75, 3.05) is 13.2 Å². The second kappa shape index (κ2) is 9.14. The van der Waals surface area contributed by atoms with Gasteiger partial charge in [0.15, 0.2) is 6.61 Å². The SMILES string of the molecule is CCOCc1ccccc1CNC(=O)COc1ccc2oc3c(c2c1)CCCC3. The van der Waals surface area contributed by atoms with E-state index < -0.39 is 0 Å². The molecule has 3 aromatic rings. The quantitative estimate of drug-likeness (QED) is 0.610. The number of hydrogen-bond acceptors (Lipinski definition) is 4. The fourth-order valence-electron chi connectivity index (χ4n) is 3.81. The zero-order valence-corrected chi connectivity index (χ0v) is 16.8. The minimum atomic E-state index is -0.148. The number of nitrogens with one attached hydrogen (secondary N) is 1. The lowest BCUT2D eigenvalue weighted by Gasteiger charge is -2.11. The smallest absolute Gasteiger partial charge is 0.258 e. The van der Waals surface area contributed by atoms with Gasteiger partial charge in [0.2, 0.25) is 0 Å². The van der Waals surface area contributed by atoms with Crippen LogP contribution in [0.5, 0.6) is 5.75 Å². The van der Waals surface area contributed by atoms with Crippen molar-refractivity contribution in [3.05, 3.63) is 64.9 Å². The second-order valence-corrected chi connectivity index (χ2v) is 7.34. The number of benzene rings is 2. The van der Waals surface area contributed by atoms with E-state index in [1.54, 1.807) is 0 Å². The maximum atomic E-state index is 12.3. The summed E-state index contributed by atoms with van der Waals surface area (Å²) in [6, 6.07) is 13.8. The van der Waals surface area contributed by atoms with Crippen LogP contribution in [0.2, 0.25) is 0 Å². The normalized spacial score (nSPS) is 13.3. The first-order chi connectivity index (χ1) is 14.2. The average Bonchev–Trinajstić information content (AvgIpc) is 3.13. The van der Waals surface area contributed by atoms with Crippen molar-refractivity contribution in [2.24, 2.45) is 0 Å². The van der Waals surface area contributed by atoms with E-state index in [1.807, 2.05) is 49.4 Å². The zero-order chi connectivity index (χ0) is 20.1. The van der Waals surface area contributed by atoms with E-state index in [2.05, 4.69) is 5.32 Å². The highest BCUT2D eigenvalue weighted by Gasteiger charge is 2.18. The highest BCUT2D eigenvalue weighted by molar-refractivity contribution is 5.84. The zero-order valence-electron chi connectivity index (χ0n) is 16.8. The molecular formula is C24H27NO4. The standard InChI is InChI=1S/C24H27NO4/c1-2-27-15-18-8-4-3-7-17(18)14-25-24(26)16-28-19-11-12-23-21(13-19)20-9-5-6-10-22(20)29-23/h3-4,7-8,11-13H,2,5-6,9-10,14-16H2,1H3,(H,25,26). The molecule has 4 rings (SSSR count). The summed E-state index contributed by atoms with van der Waals surface area (Å²) in [5.41, 5.74) is 4.35. The van der Waals surface area contributed by atoms with E-state index in [0.29, 0.717) is 25.5 Å². The van der Waals surface area contributed by atoms with Gasteiger partial charge in [0.05, 0.1) is 6.61 Å². The van der Waals surface area contributed by atoms with E-state index in [4.69, 9.17) is 13.9 Å². The van der Waals surface area contributed by atoms with Crippen LogP contribution in [-0.2, 0) is 35.5 Å². The van der Waals surface area contributed by atoms with Crippen LogP contribution in [-0.4, -0.2) is 19.1 Å². The Balaban J connectivity index is 1.34. The molecule has 5 nitrogen and oxygen atoms in total. The molecule has 1 heterocycles. The first-order valence-electron chi connectivity index (χ1n) is 10.3. The van der Waals surface area contributed by atoms with E-state index in [9.17, 15) is 4.79 Å². The van der Waals surface area contributed by atoms with Crippen LogP contribution in [0.4, 0.5) is 0 Å². The summed E-state index contributed by atoms with van der Waals surface area (Å²) >= 11 is 0. The third-order valence-electron chi connectivity index (χ3n) is 5.35. The fourth-order valence-corrected chi connectivity index (χ4v) is 3.81. The van der Waals surface area contributed by atoms with Gasteiger partial charge in [-0.05, 0) is 55.5 Å². The molecular weight excluding hydrogens is 366 g/mol. The van der Waals surface area contributed by atoms with Crippen molar-refractivity contribution in [3.8, 4) is 5.75 Å². The Hall–Kier alpha value is -2.79. The molecule has 0 fully saturated rings. The molecule has 0 spiro atoms. The molecule has 0 saturated carbocycles. The predicted molar refractivity (Wildman–Crippen MR) is 112 cm³/mol. The van der Waals surface area contributed by atoms with E-state index in [1.165, 1.54) is 18.4 Å². The molecule has 0 saturated heterocycles. The van der Waals surface area contributed by atoms with Crippen molar-refractivity contribution in [3.63, 3.8) is 0 Å². The molecule has 1 amide bonds. The number of carbonyl (C=O) groups excluding carboxylic acids is 1. The number of aryl methyl sites for hydroxylation is 2. The lowest BCUT2D eigenvalue weighted by molar-refractivity contribution is -0.123. The number of ether oxygens (including phenoxy) is 2. The van der Waals surface area contributed by atoms with Crippen LogP contribution >= 0.6 is 0 Å². The number of amides is 1. The van der Waals surface area contributed by atoms with Crippen molar-refractivity contribution in [1.29, 1.82) is 0 Å². The maximum Gasteiger partial charge on any atom is 0.258 e. The van der Waals surface area contributed by atoms with Gasteiger partial charge in [0.25, 0.3) is 5.91 Å². The Bertz CT molecular complexity index is 992. The Kier molecular flexibility index (Phi) is 6.15. The van der Waals surface area contributed by atoms with Gasteiger partial charge in [-0.2, -0.15) is 0 Å². The molecule has 1 N–H and O–H groups in total. The fraction of sp³-hybridized carbons (Fsp3) is 0.375. The highest BCUT2D eigenvalue weighted by atomic mass is 16.5. The summed E-state index contributed by atoms with van der Waals surface area (Å²) in [5, 5.41) is 4.04. The van der Waals surface area contributed by atoms with Gasteiger partial charge in [0.1, 0.15) is 17.1 Å². The number of fused-ring (bicyclic) bond motifs is 3. The summed E-state index contributed by atoms with van der Waals surface area (Å²) in [6.07, 6.45) is 4.44. The summed E-state index contributed by atoms with van der Waals surface area (Å²) < 4.78 is 17.2. The minimum absolute atomic E-state index is 0.0147. The highest BCUT2D eigenvalue weighted by Crippen LogP contribution is 2.33. The lowest BCUT2D eigenvalue weighted by Crippen LogP contribution is -2.28. The van der Waals surface area contributed by atoms with Crippen LogP contribution in [0.25, 0.3) is 11.0 Å². The van der Waals surface area contributed by atoms with Gasteiger partial charge in [-0.15, -0.1) is 0 Å². The average molecular weight is 393 g/mol. The molecule has 0 bridgehead atoms. The van der Waals surface area contributed by atoms with Gasteiger partial charge in [-0.3, -0.25) is 4.79 Å². The lowest BCUT2D eigenvalue weighted by atomic mass is 9.96. The monoisotopic (exact) mass is 393 g/mol. The second-order valence-electron chi connectivity index (χ2n) is 7.34. The molecule has 0 unspecified atom stereocenters. The summed E-state index contributed by atoms with van der Waals surface area (Å²) in [5.74, 6) is 1.65.